The fourth-order valence-electron chi connectivity index (χ4n) is 2.61. The zero-order valence-corrected chi connectivity index (χ0v) is 11.2. The van der Waals surface area contributed by atoms with Gasteiger partial charge in [-0.2, -0.15) is 0 Å². The van der Waals surface area contributed by atoms with Crippen molar-refractivity contribution >= 4 is 11.6 Å². The van der Waals surface area contributed by atoms with Gasteiger partial charge in [-0.3, -0.25) is 4.90 Å². The first kappa shape index (κ1) is 13.8. The summed E-state index contributed by atoms with van der Waals surface area (Å²) in [5.74, 6) is 0.221. The normalized spacial score (nSPS) is 21.2. The van der Waals surface area contributed by atoms with Crippen molar-refractivity contribution in [2.24, 2.45) is 5.92 Å². The van der Waals surface area contributed by atoms with Crippen molar-refractivity contribution in [3.8, 4) is 0 Å². The Morgan fingerprint density at radius 3 is 3.00 bits per heavy atom. The molecule has 4 heteroatoms. The van der Waals surface area contributed by atoms with Crippen LogP contribution in [0, 0.1) is 11.7 Å². The molecule has 0 spiro atoms. The minimum absolute atomic E-state index is 0.176. The second-order valence-corrected chi connectivity index (χ2v) is 5.41. The third-order valence-corrected chi connectivity index (χ3v) is 3.84. The van der Waals surface area contributed by atoms with E-state index in [1.54, 1.807) is 6.07 Å². The summed E-state index contributed by atoms with van der Waals surface area (Å²) in [7, 11) is 0. The molecule has 1 N–H and O–H groups in total. The lowest BCUT2D eigenvalue weighted by Gasteiger charge is -2.32. The van der Waals surface area contributed by atoms with Crippen molar-refractivity contribution in [1.82, 2.24) is 4.90 Å². The molecular formula is C14H19ClFNO. The van der Waals surface area contributed by atoms with Crippen molar-refractivity contribution in [3.63, 3.8) is 0 Å². The number of aliphatic hydroxyl groups excluding tert-OH is 1. The lowest BCUT2D eigenvalue weighted by Crippen LogP contribution is -2.35. The Bertz CT molecular complexity index is 397. The van der Waals surface area contributed by atoms with Crippen LogP contribution in [0.4, 0.5) is 4.39 Å². The summed E-state index contributed by atoms with van der Waals surface area (Å²) in [5.41, 5.74) is 0.960. The molecule has 0 aliphatic carbocycles. The molecule has 2 nitrogen and oxygen atoms in total. The number of piperidine rings is 1. The van der Waals surface area contributed by atoms with E-state index >= 15 is 0 Å². The van der Waals surface area contributed by atoms with Crippen LogP contribution in [-0.2, 0) is 6.54 Å². The molecule has 1 aromatic rings. The Balaban J connectivity index is 1.93. The minimum Gasteiger partial charge on any atom is -0.396 e. The Labute approximate surface area is 112 Å². The zero-order valence-electron chi connectivity index (χ0n) is 10.4. The maximum absolute atomic E-state index is 13.3. The highest BCUT2D eigenvalue weighted by Gasteiger charge is 2.19. The van der Waals surface area contributed by atoms with E-state index in [0.29, 0.717) is 5.92 Å². The Kier molecular flexibility index (Phi) is 4.98. The third kappa shape index (κ3) is 3.67. The number of aliphatic hydroxyl groups is 1. The van der Waals surface area contributed by atoms with Gasteiger partial charge in [-0.25, -0.2) is 4.39 Å². The van der Waals surface area contributed by atoms with E-state index in [1.807, 2.05) is 6.07 Å². The average Bonchev–Trinajstić information content (AvgIpc) is 2.35. The third-order valence-electron chi connectivity index (χ3n) is 3.53. The van der Waals surface area contributed by atoms with Gasteiger partial charge in [-0.15, -0.1) is 0 Å². The Morgan fingerprint density at radius 2 is 2.28 bits per heavy atom. The van der Waals surface area contributed by atoms with Crippen LogP contribution < -0.4 is 0 Å². The molecule has 1 aliphatic rings. The number of rotatable bonds is 4. The first-order valence-electron chi connectivity index (χ1n) is 6.46. The van der Waals surface area contributed by atoms with Gasteiger partial charge in [-0.05, 0) is 49.4 Å². The molecule has 0 amide bonds. The van der Waals surface area contributed by atoms with E-state index in [2.05, 4.69) is 4.90 Å². The Morgan fingerprint density at radius 1 is 1.44 bits per heavy atom. The summed E-state index contributed by atoms with van der Waals surface area (Å²) < 4.78 is 13.3. The van der Waals surface area contributed by atoms with E-state index in [4.69, 9.17) is 16.7 Å². The largest absolute Gasteiger partial charge is 0.396 e. The van der Waals surface area contributed by atoms with Crippen molar-refractivity contribution in [2.45, 2.75) is 25.8 Å². The summed E-state index contributed by atoms with van der Waals surface area (Å²) in [6.07, 6.45) is 3.21. The highest BCUT2D eigenvalue weighted by atomic mass is 35.5. The fraction of sp³-hybridized carbons (Fsp3) is 0.571. The van der Waals surface area contributed by atoms with Crippen LogP contribution >= 0.6 is 11.6 Å². The number of likely N-dealkylation sites (tertiary alicyclic amines) is 1. The van der Waals surface area contributed by atoms with Crippen LogP contribution in [0.1, 0.15) is 24.8 Å². The first-order valence-corrected chi connectivity index (χ1v) is 6.84. The number of hydrogen-bond acceptors (Lipinski definition) is 2. The second kappa shape index (κ2) is 6.50. The summed E-state index contributed by atoms with van der Waals surface area (Å²) in [6.45, 7) is 3.06. The molecule has 0 radical (unpaired) electrons. The molecule has 0 bridgehead atoms. The van der Waals surface area contributed by atoms with Gasteiger partial charge in [0, 0.05) is 19.7 Å². The van der Waals surface area contributed by atoms with Gasteiger partial charge in [-0.1, -0.05) is 17.7 Å². The number of benzene rings is 1. The molecular weight excluding hydrogens is 253 g/mol. The molecule has 2 rings (SSSR count). The molecule has 1 atom stereocenters. The molecule has 100 valence electrons. The molecule has 1 aliphatic heterocycles. The summed E-state index contributed by atoms with van der Waals surface area (Å²) in [6, 6.07) is 5.00. The highest BCUT2D eigenvalue weighted by molar-refractivity contribution is 6.30. The molecule has 18 heavy (non-hydrogen) atoms. The van der Waals surface area contributed by atoms with Crippen molar-refractivity contribution in [2.75, 3.05) is 19.7 Å². The van der Waals surface area contributed by atoms with E-state index in [1.165, 1.54) is 12.5 Å². The van der Waals surface area contributed by atoms with Crippen LogP contribution in [0.3, 0.4) is 0 Å². The quantitative estimate of drug-likeness (QED) is 0.910. The first-order chi connectivity index (χ1) is 8.69. The summed E-state index contributed by atoms with van der Waals surface area (Å²) in [4.78, 5) is 2.33. The molecule has 1 heterocycles. The van der Waals surface area contributed by atoms with Crippen LogP contribution in [-0.4, -0.2) is 29.7 Å². The number of hydrogen-bond donors (Lipinski definition) is 1. The van der Waals surface area contributed by atoms with E-state index in [0.717, 1.165) is 38.0 Å². The second-order valence-electron chi connectivity index (χ2n) is 5.00. The van der Waals surface area contributed by atoms with Gasteiger partial charge in [0.1, 0.15) is 5.82 Å². The van der Waals surface area contributed by atoms with E-state index in [-0.39, 0.29) is 17.4 Å². The van der Waals surface area contributed by atoms with E-state index in [9.17, 15) is 4.39 Å². The van der Waals surface area contributed by atoms with Gasteiger partial charge in [0.15, 0.2) is 0 Å². The molecule has 0 saturated carbocycles. The van der Waals surface area contributed by atoms with Gasteiger partial charge >= 0.3 is 0 Å². The predicted molar refractivity (Wildman–Crippen MR) is 71.1 cm³/mol. The van der Waals surface area contributed by atoms with Crippen molar-refractivity contribution < 1.29 is 9.50 Å². The molecule has 1 aromatic carbocycles. The molecule has 1 fully saturated rings. The van der Waals surface area contributed by atoms with Crippen LogP contribution in [0.25, 0.3) is 0 Å². The van der Waals surface area contributed by atoms with Crippen LogP contribution in [0.15, 0.2) is 18.2 Å². The van der Waals surface area contributed by atoms with Crippen LogP contribution in [0.2, 0.25) is 5.02 Å². The molecule has 0 aromatic heterocycles. The topological polar surface area (TPSA) is 23.5 Å². The van der Waals surface area contributed by atoms with Crippen molar-refractivity contribution in [3.05, 3.63) is 34.6 Å². The minimum atomic E-state index is -0.349. The smallest absolute Gasteiger partial charge is 0.142 e. The SMILES string of the molecule is OCCC1CCCN(Cc2ccc(Cl)c(F)c2)C1. The monoisotopic (exact) mass is 271 g/mol. The number of nitrogens with zero attached hydrogens (tertiary/aromatic N) is 1. The summed E-state index contributed by atoms with van der Waals surface area (Å²) in [5, 5.41) is 9.16. The average molecular weight is 272 g/mol. The van der Waals surface area contributed by atoms with Gasteiger partial charge in [0.25, 0.3) is 0 Å². The number of halogens is 2. The lowest BCUT2D eigenvalue weighted by molar-refractivity contribution is 0.142. The van der Waals surface area contributed by atoms with Crippen LogP contribution in [0.5, 0.6) is 0 Å². The Hall–Kier alpha value is -0.640. The fourth-order valence-corrected chi connectivity index (χ4v) is 2.73. The molecule has 1 saturated heterocycles. The maximum atomic E-state index is 13.3. The zero-order chi connectivity index (χ0) is 13.0. The standard InChI is InChI=1S/C14H19ClFNO/c15-13-4-3-12(8-14(13)16)10-17-6-1-2-11(9-17)5-7-18/h3-4,8,11,18H,1-2,5-7,9-10H2. The van der Waals surface area contributed by atoms with Gasteiger partial charge < -0.3 is 5.11 Å². The summed E-state index contributed by atoms with van der Waals surface area (Å²) >= 11 is 5.67. The predicted octanol–water partition coefficient (Wildman–Crippen LogP) is 3.07. The lowest BCUT2D eigenvalue weighted by atomic mass is 9.95. The van der Waals surface area contributed by atoms with Gasteiger partial charge in [0.2, 0.25) is 0 Å². The highest BCUT2D eigenvalue weighted by Crippen LogP contribution is 2.22. The van der Waals surface area contributed by atoms with Gasteiger partial charge in [0.05, 0.1) is 5.02 Å². The van der Waals surface area contributed by atoms with Crippen molar-refractivity contribution in [1.29, 1.82) is 0 Å². The molecule has 1 unspecified atom stereocenters. The van der Waals surface area contributed by atoms with E-state index < -0.39 is 0 Å². The maximum Gasteiger partial charge on any atom is 0.142 e.